The lowest BCUT2D eigenvalue weighted by Crippen LogP contribution is -2.46. The van der Waals surface area contributed by atoms with E-state index in [9.17, 15) is 0 Å². The number of anilines is 2. The number of para-hydroxylation sites is 3. The summed E-state index contributed by atoms with van der Waals surface area (Å²) < 4.78 is 17.5. The van der Waals surface area contributed by atoms with Gasteiger partial charge in [0.25, 0.3) is 0 Å². The fraction of sp³-hybridized carbons (Fsp3) is 0.0938. The predicted octanol–water partition coefficient (Wildman–Crippen LogP) is 8.08. The second kappa shape index (κ2) is 9.47. The molecule has 0 bridgehead atoms. The third kappa shape index (κ3) is 3.89. The highest BCUT2D eigenvalue weighted by Gasteiger charge is 2.42. The molecule has 7 rings (SSSR count). The van der Waals surface area contributed by atoms with Crippen molar-refractivity contribution in [3.63, 3.8) is 0 Å². The average Bonchev–Trinajstić information content (AvgIpc) is 3.31. The van der Waals surface area contributed by atoms with E-state index in [1.165, 1.54) is 6.07 Å². The van der Waals surface area contributed by atoms with Crippen LogP contribution in [0.5, 0.6) is 0 Å². The van der Waals surface area contributed by atoms with Crippen LogP contribution in [-0.4, -0.2) is 21.5 Å². The summed E-state index contributed by atoms with van der Waals surface area (Å²) in [6, 6.07) is 29.8. The molecule has 40 heavy (non-hydrogen) atoms. The molecule has 0 aliphatic carbocycles. The second-order valence-electron chi connectivity index (χ2n) is 9.84. The minimum absolute atomic E-state index is 0.300. The highest BCUT2D eigenvalue weighted by molar-refractivity contribution is 6.51. The summed E-state index contributed by atoms with van der Waals surface area (Å²) in [6.07, 6.45) is 0. The summed E-state index contributed by atoms with van der Waals surface area (Å²) in [7, 11) is 0. The van der Waals surface area contributed by atoms with Gasteiger partial charge < -0.3 is 10.2 Å². The Balaban J connectivity index is 1.50. The lowest BCUT2D eigenvalue weighted by molar-refractivity contribution is 0.597. The topological polar surface area (TPSA) is 57.8 Å². The van der Waals surface area contributed by atoms with E-state index in [0.717, 1.165) is 39.6 Å². The summed E-state index contributed by atoms with van der Waals surface area (Å²) in [5, 5.41) is 8.98. The molecule has 1 aromatic heterocycles. The van der Waals surface area contributed by atoms with Crippen LogP contribution in [0.2, 0.25) is 5.02 Å². The van der Waals surface area contributed by atoms with Gasteiger partial charge in [-0.1, -0.05) is 66.2 Å². The van der Waals surface area contributed by atoms with Gasteiger partial charge in [0.15, 0.2) is 17.5 Å². The molecule has 1 unspecified atom stereocenters. The number of hydrogen-bond acceptors (Lipinski definition) is 5. The fourth-order valence-electron chi connectivity index (χ4n) is 5.35. The Kier molecular flexibility index (Phi) is 5.75. The molecule has 196 valence electrons. The third-order valence-electron chi connectivity index (χ3n) is 7.27. The first kappa shape index (κ1) is 24.3. The Labute approximate surface area is 236 Å². The van der Waals surface area contributed by atoms with Crippen LogP contribution < -0.4 is 10.2 Å². The van der Waals surface area contributed by atoms with Crippen molar-refractivity contribution in [3.05, 3.63) is 130 Å². The first-order chi connectivity index (χ1) is 19.5. The number of aliphatic imine (C=N–C) groups is 2. The number of aromatic nitrogens is 2. The number of hydrogen-bond donors (Lipinski definition) is 1. The minimum Gasteiger partial charge on any atom is -0.337 e. The van der Waals surface area contributed by atoms with Gasteiger partial charge in [0.2, 0.25) is 0 Å². The van der Waals surface area contributed by atoms with Gasteiger partial charge in [0.05, 0.1) is 28.8 Å². The zero-order valence-corrected chi connectivity index (χ0v) is 22.6. The largest absolute Gasteiger partial charge is 0.337 e. The molecule has 0 saturated heterocycles. The van der Waals surface area contributed by atoms with Gasteiger partial charge >= 0.3 is 0 Å². The lowest BCUT2D eigenvalue weighted by atomic mass is 9.93. The van der Waals surface area contributed by atoms with Crippen molar-refractivity contribution >= 4 is 46.2 Å². The molecule has 0 saturated carbocycles. The molecular formula is C32H24ClFN6. The molecule has 2 aliphatic rings. The molecule has 8 heteroatoms. The number of benzene rings is 4. The van der Waals surface area contributed by atoms with Crippen LogP contribution in [0.15, 0.2) is 107 Å². The molecule has 1 N–H and O–H groups in total. The molecule has 4 aromatic carbocycles. The van der Waals surface area contributed by atoms with Gasteiger partial charge in [0.1, 0.15) is 5.82 Å². The van der Waals surface area contributed by atoms with Crippen LogP contribution in [0.4, 0.5) is 27.3 Å². The summed E-state index contributed by atoms with van der Waals surface area (Å²) in [5.41, 5.74) is 6.34. The van der Waals surface area contributed by atoms with Gasteiger partial charge in [0, 0.05) is 21.8 Å². The van der Waals surface area contributed by atoms with E-state index in [4.69, 9.17) is 26.7 Å². The third-order valence-corrected chi connectivity index (χ3v) is 7.68. The Morgan fingerprint density at radius 2 is 1.60 bits per heavy atom. The van der Waals surface area contributed by atoms with Crippen molar-refractivity contribution in [3.8, 4) is 5.69 Å². The first-order valence-electron chi connectivity index (χ1n) is 13.0. The average molecular weight is 547 g/mol. The summed E-state index contributed by atoms with van der Waals surface area (Å²) in [5.74, 6) is 1.43. The van der Waals surface area contributed by atoms with Crippen LogP contribution in [-0.2, 0) is 0 Å². The molecule has 0 fully saturated rings. The van der Waals surface area contributed by atoms with Crippen molar-refractivity contribution in [2.75, 3.05) is 10.2 Å². The van der Waals surface area contributed by atoms with E-state index < -0.39 is 6.04 Å². The maximum atomic E-state index is 15.6. The van der Waals surface area contributed by atoms with Gasteiger partial charge in [-0.3, -0.25) is 0 Å². The van der Waals surface area contributed by atoms with Crippen molar-refractivity contribution in [2.24, 2.45) is 9.98 Å². The molecular weight excluding hydrogens is 523 g/mol. The smallest absolute Gasteiger partial charge is 0.179 e. The number of halogens is 2. The standard InChI is InChI=1S/C32H24ClFN6/c1-19-16-17-21(18-24(19)33)35-30-32-37-31-28(20(2)38-40(31)22-10-4-3-5-11-22)29(23-12-6-7-13-25(23)34)39(32)27-15-9-8-14-26(27)36-30/h3-18,29H,1-2H3,(H,35,36). The number of fused-ring (bicyclic) bond motifs is 4. The monoisotopic (exact) mass is 546 g/mol. The Bertz CT molecular complexity index is 1840. The van der Waals surface area contributed by atoms with E-state index >= 15 is 4.39 Å². The summed E-state index contributed by atoms with van der Waals surface area (Å²) >= 11 is 6.46. The van der Waals surface area contributed by atoms with E-state index in [-0.39, 0.29) is 5.82 Å². The molecule has 6 nitrogen and oxygen atoms in total. The fourth-order valence-corrected chi connectivity index (χ4v) is 5.53. The van der Waals surface area contributed by atoms with Crippen molar-refractivity contribution in [1.29, 1.82) is 0 Å². The van der Waals surface area contributed by atoms with Crippen LogP contribution in [0.3, 0.4) is 0 Å². The summed E-state index contributed by atoms with van der Waals surface area (Å²) in [4.78, 5) is 12.2. The first-order valence-corrected chi connectivity index (χ1v) is 13.4. The number of amidine groups is 2. The molecule has 0 spiro atoms. The van der Waals surface area contributed by atoms with E-state index in [2.05, 4.69) is 10.2 Å². The summed E-state index contributed by atoms with van der Waals surface area (Å²) in [6.45, 7) is 3.91. The van der Waals surface area contributed by atoms with Crippen LogP contribution >= 0.6 is 11.6 Å². The molecule has 3 heterocycles. The zero-order chi connectivity index (χ0) is 27.4. The van der Waals surface area contributed by atoms with E-state index in [1.54, 1.807) is 6.07 Å². The predicted molar refractivity (Wildman–Crippen MR) is 159 cm³/mol. The van der Waals surface area contributed by atoms with Crippen LogP contribution in [0.1, 0.15) is 28.4 Å². The molecule has 5 aromatic rings. The SMILES string of the molecule is Cc1ccc(NC2=Nc3ccccc3N3C2=Nc2c(c(C)nn2-c2ccccc2)C3c2ccccc2F)cc1Cl. The van der Waals surface area contributed by atoms with E-state index in [0.29, 0.717) is 28.1 Å². The van der Waals surface area contributed by atoms with Gasteiger partial charge in [-0.05, 0) is 61.9 Å². The van der Waals surface area contributed by atoms with Crippen molar-refractivity contribution < 1.29 is 4.39 Å². The second-order valence-corrected chi connectivity index (χ2v) is 10.2. The number of aryl methyl sites for hydroxylation is 2. The Morgan fingerprint density at radius 1 is 0.850 bits per heavy atom. The zero-order valence-electron chi connectivity index (χ0n) is 21.8. The van der Waals surface area contributed by atoms with Crippen molar-refractivity contribution in [2.45, 2.75) is 19.9 Å². The molecule has 1 atom stereocenters. The maximum absolute atomic E-state index is 15.6. The van der Waals surface area contributed by atoms with Crippen LogP contribution in [0.25, 0.3) is 5.69 Å². The Hall–Kier alpha value is -4.75. The number of nitrogens with zero attached hydrogens (tertiary/aromatic N) is 5. The minimum atomic E-state index is -0.531. The quantitative estimate of drug-likeness (QED) is 0.249. The van der Waals surface area contributed by atoms with E-state index in [1.807, 2.05) is 103 Å². The highest BCUT2D eigenvalue weighted by Crippen LogP contribution is 2.48. The number of nitrogens with one attached hydrogen (secondary N) is 1. The lowest BCUT2D eigenvalue weighted by Gasteiger charge is -2.40. The Morgan fingerprint density at radius 3 is 2.40 bits per heavy atom. The van der Waals surface area contributed by atoms with Crippen LogP contribution in [0, 0.1) is 19.7 Å². The van der Waals surface area contributed by atoms with Gasteiger partial charge in [-0.15, -0.1) is 0 Å². The highest BCUT2D eigenvalue weighted by atomic mass is 35.5. The van der Waals surface area contributed by atoms with Crippen molar-refractivity contribution in [1.82, 2.24) is 9.78 Å². The van der Waals surface area contributed by atoms with Gasteiger partial charge in [-0.2, -0.15) is 5.10 Å². The maximum Gasteiger partial charge on any atom is 0.179 e. The molecule has 0 radical (unpaired) electrons. The normalized spacial score (nSPS) is 15.5. The molecule has 2 aliphatic heterocycles. The van der Waals surface area contributed by atoms with Gasteiger partial charge in [-0.25, -0.2) is 19.1 Å². The number of rotatable bonds is 3. The molecule has 0 amide bonds.